The van der Waals surface area contributed by atoms with Gasteiger partial charge < -0.3 is 76.4 Å². The molecule has 4 heterocycles. The number of ether oxygens (including phenoxy) is 5. The number of carbonyl (C=O) groups is 8. The topological polar surface area (TPSA) is 360 Å². The zero-order valence-corrected chi connectivity index (χ0v) is 45.6. The number of aromatic hydroxyl groups is 2. The largest absolute Gasteiger partial charge is 0.507 e. The number of likely N-dealkylation sites (tertiary alicyclic amines) is 1. The van der Waals surface area contributed by atoms with Crippen LogP contribution in [0, 0.1) is 5.92 Å². The third kappa shape index (κ3) is 13.2. The van der Waals surface area contributed by atoms with E-state index in [1.807, 2.05) is 0 Å². The number of aliphatic hydroxyl groups excluding tert-OH is 1. The van der Waals surface area contributed by atoms with E-state index < -0.39 is 125 Å². The standard InChI is InChI=1S/C57H71N7O17/c1-27(2)45(63-40(66)14-6-5-9-22-64-53-37(80-53)19-20-38-54(64)81-38)52(73)61-35(13-10-21-59-55(58)74)51(72)60-31-17-15-30(16-18-31)26-77-56(75)62-36-23-41(78-28(3)46(36)67)79-39-25-57(76,29(4)65)24-34-42(39)50(71)44-43(49(34)70)47(68)32-11-7-8-12-33(32)48(44)69/h7-8,11-12,15-18,27-28,35-39,41,45-46,53-54,67,70-71,76H,5-6,9-10,13-14,19-26H2,1-4H3,(H,60,72)(H,61,73)(H,62,75)(H,63,66)(H3,58,59,74)/t28-,35-,36-,37?,38?,39-,41-,45-,46+,53?,54?,57-/m0/s1. The van der Waals surface area contributed by atoms with Crippen molar-refractivity contribution in [2.75, 3.05) is 18.4 Å². The van der Waals surface area contributed by atoms with Crippen molar-refractivity contribution in [3.05, 3.63) is 87.5 Å². The minimum absolute atomic E-state index is 0.00479. The number of anilines is 1. The first-order valence-electron chi connectivity index (χ1n) is 27.7. The van der Waals surface area contributed by atoms with Crippen LogP contribution >= 0.6 is 0 Å². The minimum Gasteiger partial charge on any atom is -0.507 e. The molecule has 11 N–H and O–H groups in total. The van der Waals surface area contributed by atoms with Gasteiger partial charge in [-0.1, -0.05) is 56.7 Å². The highest BCUT2D eigenvalue weighted by molar-refractivity contribution is 6.30. The van der Waals surface area contributed by atoms with Gasteiger partial charge in [-0.15, -0.1) is 0 Å². The number of nitrogens with one attached hydrogen (secondary N) is 5. The lowest BCUT2D eigenvalue weighted by Crippen LogP contribution is -2.55. The lowest BCUT2D eigenvalue weighted by Gasteiger charge is -2.42. The van der Waals surface area contributed by atoms with Crippen LogP contribution in [0.3, 0.4) is 0 Å². The molecule has 24 heteroatoms. The van der Waals surface area contributed by atoms with E-state index in [-0.39, 0.29) is 97.6 Å². The second kappa shape index (κ2) is 24.6. The first-order chi connectivity index (χ1) is 38.6. The lowest BCUT2D eigenvalue weighted by atomic mass is 9.72. The summed E-state index contributed by atoms with van der Waals surface area (Å²) in [6.45, 7) is 6.92. The van der Waals surface area contributed by atoms with Gasteiger partial charge in [0.05, 0.1) is 41.6 Å². The molecule has 6 amide bonds. The molecule has 9 rings (SSSR count). The van der Waals surface area contributed by atoms with Crippen LogP contribution in [0.4, 0.5) is 15.3 Å². The van der Waals surface area contributed by atoms with Gasteiger partial charge in [0.2, 0.25) is 17.7 Å². The van der Waals surface area contributed by atoms with Crippen LogP contribution in [0.5, 0.6) is 11.5 Å². The highest BCUT2D eigenvalue weighted by Crippen LogP contribution is 2.52. The molecule has 436 valence electrons. The number of carbonyl (C=O) groups excluding carboxylic acids is 8. The Kier molecular flexibility index (Phi) is 17.8. The quantitative estimate of drug-likeness (QED) is 0.0307. The van der Waals surface area contributed by atoms with E-state index in [1.165, 1.54) is 19.1 Å². The molecule has 24 nitrogen and oxygen atoms in total. The second-order valence-electron chi connectivity index (χ2n) is 22.2. The number of nitrogens with two attached hydrogens (primary N) is 1. The summed E-state index contributed by atoms with van der Waals surface area (Å²) in [6, 6.07) is 8.39. The van der Waals surface area contributed by atoms with Gasteiger partial charge in [-0.25, -0.2) is 14.5 Å². The first-order valence-corrected chi connectivity index (χ1v) is 27.7. The van der Waals surface area contributed by atoms with Crippen molar-refractivity contribution in [1.82, 2.24) is 26.2 Å². The fraction of sp³-hybridized carbons (Fsp3) is 0.544. The molecule has 0 saturated carbocycles. The van der Waals surface area contributed by atoms with Gasteiger partial charge in [0.1, 0.15) is 54.4 Å². The van der Waals surface area contributed by atoms with Crippen molar-refractivity contribution in [3.63, 3.8) is 0 Å². The Morgan fingerprint density at radius 1 is 0.852 bits per heavy atom. The average Bonchev–Trinajstić information content (AvgIpc) is 3.66. The molecule has 3 aromatic rings. The van der Waals surface area contributed by atoms with Crippen LogP contribution in [0.1, 0.15) is 147 Å². The van der Waals surface area contributed by atoms with Crippen molar-refractivity contribution < 1.29 is 82.5 Å². The maximum Gasteiger partial charge on any atom is 0.407 e. The van der Waals surface area contributed by atoms with Gasteiger partial charge in [0, 0.05) is 66.7 Å². The molecule has 4 unspecified atom stereocenters. The molecular formula is C57H71N7O17. The molecule has 4 fully saturated rings. The van der Waals surface area contributed by atoms with Crippen molar-refractivity contribution in [2.24, 2.45) is 11.7 Å². The third-order valence-corrected chi connectivity index (χ3v) is 16.0. The second-order valence-corrected chi connectivity index (χ2v) is 22.2. The summed E-state index contributed by atoms with van der Waals surface area (Å²) in [5.74, 6) is -5.28. The van der Waals surface area contributed by atoms with E-state index in [9.17, 15) is 58.8 Å². The Morgan fingerprint density at radius 2 is 1.51 bits per heavy atom. The number of aliphatic hydroxyl groups is 2. The number of Topliss-reactive ketones (excluding diaryl/α,β-unsaturated/α-hetero) is 1. The summed E-state index contributed by atoms with van der Waals surface area (Å²) in [6.07, 6.45) is -1.31. The number of unbranched alkanes of at least 4 members (excludes halogenated alkanes) is 2. The van der Waals surface area contributed by atoms with Gasteiger partial charge in [0.25, 0.3) is 0 Å². The number of ketones is 3. The lowest BCUT2D eigenvalue weighted by molar-refractivity contribution is -0.249. The maximum atomic E-state index is 13.8. The third-order valence-electron chi connectivity index (χ3n) is 16.0. The summed E-state index contributed by atoms with van der Waals surface area (Å²) in [5, 5.41) is 59.6. The summed E-state index contributed by atoms with van der Waals surface area (Å²) in [4.78, 5) is 108. The van der Waals surface area contributed by atoms with E-state index >= 15 is 0 Å². The van der Waals surface area contributed by atoms with E-state index in [0.29, 0.717) is 17.7 Å². The van der Waals surface area contributed by atoms with E-state index in [1.54, 1.807) is 50.2 Å². The SMILES string of the molecule is CC(=O)[C@]1(O)Cc2c(O)c3c(c(O)c2[C@@H](O[C@H]2C[C@H](NC(=O)OCc4ccc(NC(=O)[C@H](CCCNC(N)=O)NC(=O)[C@@H](NC(=O)CCCCCN5C6OC6CCC6OC65)C(C)C)cc4)[C@H](O)[C@H](C)O2)C1)C(=O)c1ccccc1C3=O. The Labute approximate surface area is 467 Å². The van der Waals surface area contributed by atoms with Gasteiger partial charge in [-0.3, -0.25) is 28.8 Å². The van der Waals surface area contributed by atoms with E-state index in [0.717, 1.165) is 39.2 Å². The van der Waals surface area contributed by atoms with E-state index in [2.05, 4.69) is 31.5 Å². The smallest absolute Gasteiger partial charge is 0.407 e. The number of phenolic OH excluding ortho intramolecular Hbond substituents is 2. The fourth-order valence-electron chi connectivity index (χ4n) is 11.4. The average molecular weight is 1130 g/mol. The van der Waals surface area contributed by atoms with Crippen LogP contribution in [0.2, 0.25) is 0 Å². The van der Waals surface area contributed by atoms with Crippen molar-refractivity contribution >= 4 is 52.9 Å². The number of hydrogen-bond donors (Lipinski definition) is 10. The highest BCUT2D eigenvalue weighted by atomic mass is 16.7. The van der Waals surface area contributed by atoms with Gasteiger partial charge in [-0.05, 0) is 76.0 Å². The number of nitrogens with zero attached hydrogens (tertiary/aromatic N) is 1. The molecule has 3 aromatic carbocycles. The van der Waals surface area contributed by atoms with Gasteiger partial charge in [-0.2, -0.15) is 0 Å². The maximum absolute atomic E-state index is 13.8. The Hall–Kier alpha value is -7.06. The van der Waals surface area contributed by atoms with Crippen LogP contribution in [-0.4, -0.2) is 152 Å². The van der Waals surface area contributed by atoms with Gasteiger partial charge in [0.15, 0.2) is 23.6 Å². The fourth-order valence-corrected chi connectivity index (χ4v) is 11.4. The molecule has 2 aliphatic carbocycles. The number of fused-ring (bicyclic) bond motifs is 5. The van der Waals surface area contributed by atoms with Crippen LogP contribution in [0.15, 0.2) is 48.5 Å². The Balaban J connectivity index is 0.775. The predicted octanol–water partition coefficient (Wildman–Crippen LogP) is 3.11. The van der Waals surface area contributed by atoms with Crippen molar-refractivity contribution in [1.29, 1.82) is 0 Å². The minimum atomic E-state index is -2.15. The first kappa shape index (κ1) is 58.6. The number of hydrogen-bond acceptors (Lipinski definition) is 18. The summed E-state index contributed by atoms with van der Waals surface area (Å²) >= 11 is 0. The number of primary amides is 1. The molecule has 0 bridgehead atoms. The van der Waals surface area contributed by atoms with Crippen LogP contribution < -0.4 is 32.3 Å². The van der Waals surface area contributed by atoms with Crippen molar-refractivity contribution in [3.8, 4) is 11.5 Å². The molecule has 81 heavy (non-hydrogen) atoms. The molecule has 4 saturated heterocycles. The number of amides is 6. The predicted molar refractivity (Wildman–Crippen MR) is 285 cm³/mol. The normalized spacial score (nSPS) is 26.9. The van der Waals surface area contributed by atoms with Crippen LogP contribution in [-0.2, 0) is 55.9 Å². The number of benzene rings is 3. The molecule has 4 aliphatic heterocycles. The van der Waals surface area contributed by atoms with Crippen LogP contribution in [0.25, 0.3) is 0 Å². The number of epoxide rings is 2. The summed E-state index contributed by atoms with van der Waals surface area (Å²) in [5.41, 5.74) is 2.70. The zero-order valence-electron chi connectivity index (χ0n) is 45.6. The van der Waals surface area contributed by atoms with Crippen molar-refractivity contribution in [2.45, 2.75) is 178 Å². The summed E-state index contributed by atoms with van der Waals surface area (Å²) < 4.78 is 29.3. The summed E-state index contributed by atoms with van der Waals surface area (Å²) in [7, 11) is 0. The number of urea groups is 1. The number of phenols is 2. The zero-order chi connectivity index (χ0) is 58.0. The molecule has 0 radical (unpaired) electrons. The molecular weight excluding hydrogens is 1050 g/mol. The molecule has 0 aromatic heterocycles. The molecule has 12 atom stereocenters. The molecule has 0 spiro atoms. The Morgan fingerprint density at radius 3 is 2.14 bits per heavy atom. The Bertz CT molecular complexity index is 2920. The monoisotopic (exact) mass is 1130 g/mol. The number of alkyl carbamates (subject to hydrolysis) is 1. The highest BCUT2D eigenvalue weighted by Gasteiger charge is 2.57. The van der Waals surface area contributed by atoms with E-state index in [4.69, 9.17) is 29.4 Å². The van der Waals surface area contributed by atoms with Gasteiger partial charge >= 0.3 is 12.1 Å². The number of rotatable bonds is 22. The molecule has 6 aliphatic rings.